The minimum Gasteiger partial charge on any atom is -0.375 e. The molecule has 0 atom stereocenters. The SMILES string of the molecule is CNC(C)(C)Cc1ccc2nc(N)sc2c1. The van der Waals surface area contributed by atoms with Gasteiger partial charge in [0, 0.05) is 5.54 Å². The van der Waals surface area contributed by atoms with E-state index in [0.29, 0.717) is 5.13 Å². The standard InChI is InChI=1S/C12H17N3S/c1-12(2,14-3)7-8-4-5-9-10(6-8)16-11(13)15-9/h4-6,14H,7H2,1-3H3,(H2,13,15). The lowest BCUT2D eigenvalue weighted by Crippen LogP contribution is -2.38. The van der Waals surface area contributed by atoms with Gasteiger partial charge >= 0.3 is 0 Å². The number of hydrogen-bond acceptors (Lipinski definition) is 4. The van der Waals surface area contributed by atoms with E-state index in [4.69, 9.17) is 5.73 Å². The van der Waals surface area contributed by atoms with E-state index in [-0.39, 0.29) is 5.54 Å². The van der Waals surface area contributed by atoms with E-state index in [9.17, 15) is 0 Å². The van der Waals surface area contributed by atoms with Crippen LogP contribution in [0, 0.1) is 0 Å². The summed E-state index contributed by atoms with van der Waals surface area (Å²) in [4.78, 5) is 4.25. The molecule has 1 aromatic heterocycles. The van der Waals surface area contributed by atoms with Gasteiger partial charge < -0.3 is 11.1 Å². The topological polar surface area (TPSA) is 50.9 Å². The minimum atomic E-state index is 0.115. The molecule has 2 rings (SSSR count). The van der Waals surface area contributed by atoms with Crippen LogP contribution < -0.4 is 11.1 Å². The summed E-state index contributed by atoms with van der Waals surface area (Å²) < 4.78 is 1.17. The van der Waals surface area contributed by atoms with Crippen LogP contribution in [0.2, 0.25) is 0 Å². The molecule has 0 aliphatic carbocycles. The lowest BCUT2D eigenvalue weighted by atomic mass is 9.95. The molecule has 0 aliphatic rings. The number of anilines is 1. The van der Waals surface area contributed by atoms with Gasteiger partial charge in [-0.2, -0.15) is 0 Å². The van der Waals surface area contributed by atoms with Gasteiger partial charge in [0.15, 0.2) is 5.13 Å². The second-order valence-electron chi connectivity index (χ2n) is 4.66. The third kappa shape index (κ3) is 2.33. The number of nitrogens with one attached hydrogen (secondary N) is 1. The van der Waals surface area contributed by atoms with Gasteiger partial charge in [0.1, 0.15) is 0 Å². The Morgan fingerprint density at radius 1 is 1.44 bits per heavy atom. The molecule has 3 N–H and O–H groups in total. The number of aromatic nitrogens is 1. The smallest absolute Gasteiger partial charge is 0.181 e. The van der Waals surface area contributed by atoms with Crippen molar-refractivity contribution in [2.75, 3.05) is 12.8 Å². The van der Waals surface area contributed by atoms with Crippen LogP contribution >= 0.6 is 11.3 Å². The van der Waals surface area contributed by atoms with Crippen LogP contribution in [0.4, 0.5) is 5.13 Å². The Kier molecular flexibility index (Phi) is 2.86. The van der Waals surface area contributed by atoms with E-state index in [0.717, 1.165) is 11.9 Å². The van der Waals surface area contributed by atoms with Crippen molar-refractivity contribution in [2.45, 2.75) is 25.8 Å². The van der Waals surface area contributed by atoms with E-state index in [2.05, 4.69) is 36.3 Å². The number of likely N-dealkylation sites (N-methyl/N-ethyl adjacent to an activating group) is 1. The molecule has 0 unspecified atom stereocenters. The van der Waals surface area contributed by atoms with E-state index < -0.39 is 0 Å². The second-order valence-corrected chi connectivity index (χ2v) is 5.73. The summed E-state index contributed by atoms with van der Waals surface area (Å²) in [6.07, 6.45) is 0.997. The predicted octanol–water partition coefficient (Wildman–Crippen LogP) is 2.42. The lowest BCUT2D eigenvalue weighted by Gasteiger charge is -2.23. The molecule has 1 heterocycles. The summed E-state index contributed by atoms with van der Waals surface area (Å²) >= 11 is 1.55. The number of thiazole rings is 1. The van der Waals surface area contributed by atoms with Gasteiger partial charge in [-0.1, -0.05) is 17.4 Å². The van der Waals surface area contributed by atoms with Crippen LogP contribution in [-0.4, -0.2) is 17.6 Å². The van der Waals surface area contributed by atoms with E-state index in [1.54, 1.807) is 11.3 Å². The first-order valence-corrected chi connectivity index (χ1v) is 6.16. The van der Waals surface area contributed by atoms with E-state index >= 15 is 0 Å². The Morgan fingerprint density at radius 3 is 2.88 bits per heavy atom. The highest BCUT2D eigenvalue weighted by atomic mass is 32.1. The van der Waals surface area contributed by atoms with Crippen LogP contribution in [0.5, 0.6) is 0 Å². The zero-order chi connectivity index (χ0) is 11.8. The number of nitrogens with zero attached hydrogens (tertiary/aromatic N) is 1. The zero-order valence-corrected chi connectivity index (χ0v) is 10.7. The van der Waals surface area contributed by atoms with Crippen molar-refractivity contribution < 1.29 is 0 Å². The maximum absolute atomic E-state index is 5.69. The quantitative estimate of drug-likeness (QED) is 0.859. The Morgan fingerprint density at radius 2 is 2.19 bits per heavy atom. The van der Waals surface area contributed by atoms with E-state index in [1.165, 1.54) is 10.3 Å². The lowest BCUT2D eigenvalue weighted by molar-refractivity contribution is 0.422. The first-order chi connectivity index (χ1) is 7.50. The summed E-state index contributed by atoms with van der Waals surface area (Å²) in [5.41, 5.74) is 8.11. The third-order valence-corrected chi connectivity index (χ3v) is 3.64. The van der Waals surface area contributed by atoms with Crippen LogP contribution in [0.1, 0.15) is 19.4 Å². The molecule has 0 fully saturated rings. The van der Waals surface area contributed by atoms with Crippen molar-refractivity contribution in [3.63, 3.8) is 0 Å². The maximum Gasteiger partial charge on any atom is 0.181 e. The molecule has 0 saturated heterocycles. The molecular formula is C12H17N3S. The number of benzene rings is 1. The number of fused-ring (bicyclic) bond motifs is 1. The summed E-state index contributed by atoms with van der Waals surface area (Å²) in [5.74, 6) is 0. The Hall–Kier alpha value is -1.13. The van der Waals surface area contributed by atoms with Crippen molar-refractivity contribution in [2.24, 2.45) is 0 Å². The normalized spacial score (nSPS) is 12.2. The summed E-state index contributed by atoms with van der Waals surface area (Å²) in [7, 11) is 1.99. The monoisotopic (exact) mass is 235 g/mol. The fraction of sp³-hybridized carbons (Fsp3) is 0.417. The molecule has 0 bridgehead atoms. The molecule has 16 heavy (non-hydrogen) atoms. The first-order valence-electron chi connectivity index (χ1n) is 5.34. The summed E-state index contributed by atoms with van der Waals surface area (Å²) in [5, 5.41) is 3.95. The molecule has 1 aromatic carbocycles. The molecular weight excluding hydrogens is 218 g/mol. The van der Waals surface area contributed by atoms with Gasteiger partial charge in [-0.25, -0.2) is 4.98 Å². The van der Waals surface area contributed by atoms with Crippen LogP contribution in [0.3, 0.4) is 0 Å². The highest BCUT2D eigenvalue weighted by Gasteiger charge is 2.15. The maximum atomic E-state index is 5.69. The average Bonchev–Trinajstić information content (AvgIpc) is 2.57. The fourth-order valence-corrected chi connectivity index (χ4v) is 2.49. The molecule has 0 spiro atoms. The highest BCUT2D eigenvalue weighted by Crippen LogP contribution is 2.25. The molecule has 0 saturated carbocycles. The fourth-order valence-electron chi connectivity index (χ4n) is 1.70. The summed E-state index contributed by atoms with van der Waals surface area (Å²) in [6, 6.07) is 6.35. The van der Waals surface area contributed by atoms with Crippen LogP contribution in [-0.2, 0) is 6.42 Å². The number of hydrogen-bond donors (Lipinski definition) is 2. The van der Waals surface area contributed by atoms with Gasteiger partial charge in [0.05, 0.1) is 10.2 Å². The minimum absolute atomic E-state index is 0.115. The van der Waals surface area contributed by atoms with Crippen molar-refractivity contribution in [3.8, 4) is 0 Å². The molecule has 3 nitrogen and oxygen atoms in total. The molecule has 0 aliphatic heterocycles. The number of nitrogen functional groups attached to an aromatic ring is 1. The molecule has 86 valence electrons. The Bertz CT molecular complexity index is 502. The molecule has 4 heteroatoms. The van der Waals surface area contributed by atoms with Gasteiger partial charge in [-0.05, 0) is 45.0 Å². The average molecular weight is 235 g/mol. The number of nitrogens with two attached hydrogens (primary N) is 1. The van der Waals surface area contributed by atoms with Crippen molar-refractivity contribution >= 4 is 26.7 Å². The van der Waals surface area contributed by atoms with Crippen molar-refractivity contribution in [3.05, 3.63) is 23.8 Å². The third-order valence-electron chi connectivity index (χ3n) is 2.79. The molecule has 0 radical (unpaired) electrons. The Balaban J connectivity index is 2.32. The molecule has 2 aromatic rings. The zero-order valence-electron chi connectivity index (χ0n) is 9.87. The molecule has 0 amide bonds. The van der Waals surface area contributed by atoms with Crippen molar-refractivity contribution in [1.29, 1.82) is 0 Å². The largest absolute Gasteiger partial charge is 0.375 e. The summed E-state index contributed by atoms with van der Waals surface area (Å²) in [6.45, 7) is 4.39. The number of rotatable bonds is 3. The van der Waals surface area contributed by atoms with Crippen LogP contribution in [0.15, 0.2) is 18.2 Å². The highest BCUT2D eigenvalue weighted by molar-refractivity contribution is 7.22. The van der Waals surface area contributed by atoms with Gasteiger partial charge in [0.2, 0.25) is 0 Å². The van der Waals surface area contributed by atoms with Gasteiger partial charge in [-0.15, -0.1) is 0 Å². The predicted molar refractivity (Wildman–Crippen MR) is 70.9 cm³/mol. The Labute approximate surface area is 99.7 Å². The first kappa shape index (κ1) is 11.4. The van der Waals surface area contributed by atoms with Gasteiger partial charge in [0.25, 0.3) is 0 Å². The van der Waals surface area contributed by atoms with Crippen molar-refractivity contribution in [1.82, 2.24) is 10.3 Å². The van der Waals surface area contributed by atoms with Crippen LogP contribution in [0.25, 0.3) is 10.2 Å². The van der Waals surface area contributed by atoms with E-state index in [1.807, 2.05) is 13.1 Å². The second kappa shape index (κ2) is 4.03. The van der Waals surface area contributed by atoms with Gasteiger partial charge in [-0.3, -0.25) is 0 Å².